The molecule has 1 aliphatic heterocycles. The Bertz CT molecular complexity index is 490. The molecule has 0 bridgehead atoms. The first-order valence-electron chi connectivity index (χ1n) is 7.04. The lowest BCUT2D eigenvalue weighted by molar-refractivity contribution is -0.134. The first kappa shape index (κ1) is 16.6. The van der Waals surface area contributed by atoms with E-state index in [9.17, 15) is 4.79 Å². The van der Waals surface area contributed by atoms with Crippen LogP contribution in [0.15, 0.2) is 18.2 Å². The number of rotatable bonds is 4. The number of carbonyl (C=O) groups is 1. The SMILES string of the molecule is COCCN1C(=O)CCCC(N)C1c1c(Cl)cccc1Cl. The number of carbonyl (C=O) groups excluding carboxylic acids is 1. The van der Waals surface area contributed by atoms with Crippen LogP contribution in [-0.4, -0.2) is 37.1 Å². The van der Waals surface area contributed by atoms with E-state index in [4.69, 9.17) is 33.7 Å². The maximum atomic E-state index is 12.4. The second-order valence-corrected chi connectivity index (χ2v) is 6.03. The third-order valence-electron chi connectivity index (χ3n) is 3.82. The number of nitrogens with two attached hydrogens (primary N) is 1. The minimum absolute atomic E-state index is 0.0704. The van der Waals surface area contributed by atoms with E-state index < -0.39 is 0 Å². The monoisotopic (exact) mass is 330 g/mol. The maximum Gasteiger partial charge on any atom is 0.223 e. The van der Waals surface area contributed by atoms with Crippen LogP contribution < -0.4 is 5.73 Å². The van der Waals surface area contributed by atoms with Crippen LogP contribution in [0.2, 0.25) is 10.0 Å². The van der Waals surface area contributed by atoms with Gasteiger partial charge in [0.15, 0.2) is 0 Å². The van der Waals surface area contributed by atoms with Crippen molar-refractivity contribution in [2.75, 3.05) is 20.3 Å². The Morgan fingerprint density at radius 2 is 2.05 bits per heavy atom. The van der Waals surface area contributed by atoms with Crippen molar-refractivity contribution in [3.05, 3.63) is 33.8 Å². The summed E-state index contributed by atoms with van der Waals surface area (Å²) in [4.78, 5) is 14.2. The molecule has 0 radical (unpaired) electrons. The fraction of sp³-hybridized carbons (Fsp3) is 0.533. The molecule has 1 aromatic carbocycles. The first-order valence-corrected chi connectivity index (χ1v) is 7.79. The fourth-order valence-electron chi connectivity index (χ4n) is 2.79. The molecule has 1 aromatic rings. The Balaban J connectivity index is 2.44. The van der Waals surface area contributed by atoms with Gasteiger partial charge in [-0.15, -0.1) is 0 Å². The number of benzene rings is 1. The van der Waals surface area contributed by atoms with E-state index >= 15 is 0 Å². The fourth-order valence-corrected chi connectivity index (χ4v) is 3.41. The molecule has 116 valence electrons. The normalized spacial score (nSPS) is 23.2. The summed E-state index contributed by atoms with van der Waals surface area (Å²) in [5, 5.41) is 1.08. The van der Waals surface area contributed by atoms with Crippen molar-refractivity contribution < 1.29 is 9.53 Å². The lowest BCUT2D eigenvalue weighted by Crippen LogP contribution is -2.44. The van der Waals surface area contributed by atoms with E-state index in [0.717, 1.165) is 18.4 Å². The molecule has 1 heterocycles. The van der Waals surface area contributed by atoms with Crippen LogP contribution in [0, 0.1) is 0 Å². The Morgan fingerprint density at radius 3 is 2.67 bits per heavy atom. The molecule has 6 heteroatoms. The second-order valence-electron chi connectivity index (χ2n) is 5.22. The number of ether oxygens (including phenoxy) is 1. The topological polar surface area (TPSA) is 55.6 Å². The number of nitrogens with zero attached hydrogens (tertiary/aromatic N) is 1. The van der Waals surface area contributed by atoms with E-state index in [2.05, 4.69) is 0 Å². The van der Waals surface area contributed by atoms with Crippen molar-refractivity contribution in [1.82, 2.24) is 4.90 Å². The highest BCUT2D eigenvalue weighted by Crippen LogP contribution is 2.38. The van der Waals surface area contributed by atoms with Crippen molar-refractivity contribution in [2.24, 2.45) is 5.73 Å². The summed E-state index contributed by atoms with van der Waals surface area (Å²) in [5.41, 5.74) is 7.06. The van der Waals surface area contributed by atoms with Gasteiger partial charge in [-0.3, -0.25) is 4.79 Å². The lowest BCUT2D eigenvalue weighted by Gasteiger charge is -2.34. The van der Waals surface area contributed by atoms with Gasteiger partial charge in [-0.1, -0.05) is 29.3 Å². The van der Waals surface area contributed by atoms with E-state index in [1.807, 2.05) is 0 Å². The zero-order chi connectivity index (χ0) is 15.4. The van der Waals surface area contributed by atoms with Gasteiger partial charge in [-0.05, 0) is 25.0 Å². The number of amides is 1. The molecule has 0 aliphatic carbocycles. The standard InChI is InChI=1S/C15H20Cl2N2O2/c1-21-9-8-19-13(20)7-3-6-12(18)15(19)14-10(16)4-2-5-11(14)17/h2,4-5,12,15H,3,6-9,18H2,1H3. The molecular formula is C15H20Cl2N2O2. The second kappa shape index (κ2) is 7.45. The Labute approximate surface area is 135 Å². The third kappa shape index (κ3) is 3.69. The van der Waals surface area contributed by atoms with Gasteiger partial charge in [-0.2, -0.15) is 0 Å². The van der Waals surface area contributed by atoms with Gasteiger partial charge in [0.2, 0.25) is 5.91 Å². The number of methoxy groups -OCH3 is 1. The Morgan fingerprint density at radius 1 is 1.38 bits per heavy atom. The predicted molar refractivity (Wildman–Crippen MR) is 84.6 cm³/mol. The quantitative estimate of drug-likeness (QED) is 0.923. The van der Waals surface area contributed by atoms with Gasteiger partial charge in [0.25, 0.3) is 0 Å². The van der Waals surface area contributed by atoms with Gasteiger partial charge in [0, 0.05) is 41.7 Å². The molecular weight excluding hydrogens is 311 g/mol. The molecule has 1 fully saturated rings. The molecule has 0 spiro atoms. The van der Waals surface area contributed by atoms with Gasteiger partial charge >= 0.3 is 0 Å². The van der Waals surface area contributed by atoms with Crippen molar-refractivity contribution in [1.29, 1.82) is 0 Å². The molecule has 2 atom stereocenters. The summed E-state index contributed by atoms with van der Waals surface area (Å²) in [6.07, 6.45) is 2.04. The van der Waals surface area contributed by atoms with E-state index in [1.54, 1.807) is 30.2 Å². The van der Waals surface area contributed by atoms with Gasteiger partial charge in [-0.25, -0.2) is 0 Å². The highest BCUT2D eigenvalue weighted by Gasteiger charge is 2.35. The first-order chi connectivity index (χ1) is 10.1. The average Bonchev–Trinajstić information content (AvgIpc) is 2.57. The molecule has 1 saturated heterocycles. The minimum atomic E-state index is -0.309. The molecule has 0 saturated carbocycles. The summed E-state index contributed by atoms with van der Waals surface area (Å²) in [6.45, 7) is 0.937. The van der Waals surface area contributed by atoms with Crippen molar-refractivity contribution in [3.63, 3.8) is 0 Å². The summed E-state index contributed by atoms with van der Waals surface area (Å²) in [6, 6.07) is 4.85. The van der Waals surface area contributed by atoms with E-state index in [1.165, 1.54) is 0 Å². The molecule has 4 nitrogen and oxygen atoms in total. The molecule has 0 aromatic heterocycles. The zero-order valence-electron chi connectivity index (χ0n) is 12.0. The maximum absolute atomic E-state index is 12.4. The summed E-state index contributed by atoms with van der Waals surface area (Å²) in [7, 11) is 1.61. The van der Waals surface area contributed by atoms with E-state index in [0.29, 0.717) is 29.6 Å². The molecule has 21 heavy (non-hydrogen) atoms. The molecule has 1 amide bonds. The Kier molecular flexibility index (Phi) is 5.88. The van der Waals surface area contributed by atoms with Crippen LogP contribution in [0.4, 0.5) is 0 Å². The molecule has 2 rings (SSSR count). The molecule has 2 unspecified atom stereocenters. The predicted octanol–water partition coefficient (Wildman–Crippen LogP) is 3.02. The largest absolute Gasteiger partial charge is 0.383 e. The number of hydrogen-bond acceptors (Lipinski definition) is 3. The lowest BCUT2D eigenvalue weighted by atomic mass is 9.96. The number of hydrogen-bond donors (Lipinski definition) is 1. The van der Waals surface area contributed by atoms with Crippen molar-refractivity contribution in [2.45, 2.75) is 31.3 Å². The summed E-state index contributed by atoms with van der Waals surface area (Å²) in [5.74, 6) is 0.0704. The highest BCUT2D eigenvalue weighted by atomic mass is 35.5. The third-order valence-corrected chi connectivity index (χ3v) is 4.48. The summed E-state index contributed by atoms with van der Waals surface area (Å²) < 4.78 is 5.11. The number of halogens is 2. The van der Waals surface area contributed by atoms with Crippen LogP contribution in [-0.2, 0) is 9.53 Å². The minimum Gasteiger partial charge on any atom is -0.383 e. The van der Waals surface area contributed by atoms with Crippen LogP contribution in [0.25, 0.3) is 0 Å². The van der Waals surface area contributed by atoms with Crippen molar-refractivity contribution in [3.8, 4) is 0 Å². The van der Waals surface area contributed by atoms with Crippen LogP contribution in [0.1, 0.15) is 30.9 Å². The van der Waals surface area contributed by atoms with E-state index in [-0.39, 0.29) is 18.0 Å². The Hall–Kier alpha value is -0.810. The van der Waals surface area contributed by atoms with Crippen LogP contribution in [0.3, 0.4) is 0 Å². The van der Waals surface area contributed by atoms with Crippen LogP contribution in [0.5, 0.6) is 0 Å². The highest BCUT2D eigenvalue weighted by molar-refractivity contribution is 6.36. The van der Waals surface area contributed by atoms with Gasteiger partial charge < -0.3 is 15.4 Å². The molecule has 2 N–H and O–H groups in total. The smallest absolute Gasteiger partial charge is 0.223 e. The average molecular weight is 331 g/mol. The number of likely N-dealkylation sites (tertiary alicyclic amines) is 1. The van der Waals surface area contributed by atoms with Gasteiger partial charge in [0.1, 0.15) is 0 Å². The zero-order valence-corrected chi connectivity index (χ0v) is 13.5. The van der Waals surface area contributed by atoms with Crippen LogP contribution >= 0.6 is 23.2 Å². The van der Waals surface area contributed by atoms with Gasteiger partial charge in [0.05, 0.1) is 12.6 Å². The molecule has 1 aliphatic rings. The summed E-state index contributed by atoms with van der Waals surface area (Å²) >= 11 is 12.6. The van der Waals surface area contributed by atoms with Crippen molar-refractivity contribution >= 4 is 29.1 Å².